The highest BCUT2D eigenvalue weighted by Crippen LogP contribution is 2.21. The van der Waals surface area contributed by atoms with Crippen molar-refractivity contribution in [1.29, 1.82) is 0 Å². The molecule has 1 fully saturated rings. The first-order valence-corrected chi connectivity index (χ1v) is 8.62. The highest BCUT2D eigenvalue weighted by atomic mass is 15.2. The van der Waals surface area contributed by atoms with Gasteiger partial charge in [0.25, 0.3) is 0 Å². The largest absolute Gasteiger partial charge is 0.300 e. The quantitative estimate of drug-likeness (QED) is 0.446. The van der Waals surface area contributed by atoms with E-state index in [4.69, 9.17) is 0 Å². The van der Waals surface area contributed by atoms with E-state index in [1.54, 1.807) is 0 Å². The monoisotopic (exact) mass is 253 g/mol. The third kappa shape index (κ3) is 6.78. The molecule has 1 atom stereocenters. The summed E-state index contributed by atoms with van der Waals surface area (Å²) in [5.74, 6) is 0. The number of unbranched alkanes of at least 4 members (excludes halogenated alkanes) is 6. The van der Waals surface area contributed by atoms with E-state index in [2.05, 4.69) is 18.7 Å². The Labute approximate surface area is 115 Å². The van der Waals surface area contributed by atoms with Crippen LogP contribution in [0.3, 0.4) is 0 Å². The van der Waals surface area contributed by atoms with E-state index < -0.39 is 0 Å². The van der Waals surface area contributed by atoms with Crippen molar-refractivity contribution in [3.8, 4) is 0 Å². The van der Waals surface area contributed by atoms with Crippen molar-refractivity contribution in [3.63, 3.8) is 0 Å². The fourth-order valence-electron chi connectivity index (χ4n) is 3.23. The van der Waals surface area contributed by atoms with E-state index in [0.29, 0.717) is 0 Å². The van der Waals surface area contributed by atoms with Crippen molar-refractivity contribution in [2.24, 2.45) is 0 Å². The summed E-state index contributed by atoms with van der Waals surface area (Å²) in [6.45, 7) is 7.38. The maximum Gasteiger partial charge on any atom is 0.00952 e. The summed E-state index contributed by atoms with van der Waals surface area (Å²) in [5.41, 5.74) is 0. The molecule has 1 unspecified atom stereocenters. The summed E-state index contributed by atoms with van der Waals surface area (Å²) in [6.07, 6.45) is 17.2. The van der Waals surface area contributed by atoms with Crippen LogP contribution in [0.25, 0.3) is 0 Å². The molecule has 0 aromatic rings. The number of hydrogen-bond acceptors (Lipinski definition) is 1. The topological polar surface area (TPSA) is 3.24 Å². The number of rotatable bonds is 11. The van der Waals surface area contributed by atoms with Gasteiger partial charge in [-0.1, -0.05) is 65.2 Å². The van der Waals surface area contributed by atoms with Gasteiger partial charge in [0.1, 0.15) is 0 Å². The van der Waals surface area contributed by atoms with Gasteiger partial charge in [-0.15, -0.1) is 0 Å². The van der Waals surface area contributed by atoms with Gasteiger partial charge in [-0.2, -0.15) is 0 Å². The molecule has 0 amide bonds. The second kappa shape index (κ2) is 10.8. The van der Waals surface area contributed by atoms with Crippen molar-refractivity contribution in [2.75, 3.05) is 13.1 Å². The van der Waals surface area contributed by atoms with E-state index in [1.165, 1.54) is 90.1 Å². The Kier molecular flexibility index (Phi) is 9.65. The van der Waals surface area contributed by atoms with Crippen LogP contribution in [-0.2, 0) is 0 Å². The zero-order valence-electron chi connectivity index (χ0n) is 12.9. The summed E-state index contributed by atoms with van der Waals surface area (Å²) in [7, 11) is 0. The predicted molar refractivity (Wildman–Crippen MR) is 82.1 cm³/mol. The van der Waals surface area contributed by atoms with Gasteiger partial charge in [0.2, 0.25) is 0 Å². The van der Waals surface area contributed by atoms with Crippen molar-refractivity contribution in [2.45, 2.75) is 96.9 Å². The van der Waals surface area contributed by atoms with Crippen LogP contribution in [0, 0.1) is 0 Å². The number of likely N-dealkylation sites (tertiary alicyclic amines) is 1. The summed E-state index contributed by atoms with van der Waals surface area (Å²) < 4.78 is 0. The molecular formula is C17H35N. The van der Waals surface area contributed by atoms with Crippen LogP contribution in [0.4, 0.5) is 0 Å². The molecule has 1 saturated heterocycles. The molecule has 108 valence electrons. The predicted octanol–water partition coefficient (Wildman–Crippen LogP) is 5.39. The molecule has 0 aliphatic carbocycles. The molecule has 0 saturated carbocycles. The van der Waals surface area contributed by atoms with Crippen LogP contribution in [0.5, 0.6) is 0 Å². The molecule has 0 aromatic heterocycles. The Morgan fingerprint density at radius 1 is 0.722 bits per heavy atom. The summed E-state index contributed by atoms with van der Waals surface area (Å²) in [5, 5.41) is 0. The highest BCUT2D eigenvalue weighted by Gasteiger charge is 2.20. The first-order chi connectivity index (χ1) is 8.88. The molecule has 0 aromatic carbocycles. The molecule has 1 heterocycles. The summed E-state index contributed by atoms with van der Waals surface area (Å²) in [6, 6.07) is 0.917. The third-order valence-electron chi connectivity index (χ3n) is 4.44. The van der Waals surface area contributed by atoms with E-state index in [1.807, 2.05) is 0 Å². The zero-order chi connectivity index (χ0) is 13.1. The normalized spacial score (nSPS) is 18.3. The Bertz CT molecular complexity index is 172. The lowest BCUT2D eigenvalue weighted by molar-refractivity contribution is 0.210. The molecule has 0 spiro atoms. The minimum atomic E-state index is 0.917. The highest BCUT2D eigenvalue weighted by molar-refractivity contribution is 4.76. The Balaban J connectivity index is 2.16. The average molecular weight is 253 g/mol. The van der Waals surface area contributed by atoms with Gasteiger partial charge in [0, 0.05) is 6.04 Å². The van der Waals surface area contributed by atoms with E-state index >= 15 is 0 Å². The molecule has 1 heteroatoms. The summed E-state index contributed by atoms with van der Waals surface area (Å²) in [4.78, 5) is 2.79. The molecular weight excluding hydrogens is 218 g/mol. The first-order valence-electron chi connectivity index (χ1n) is 8.62. The average Bonchev–Trinajstić information content (AvgIpc) is 2.90. The van der Waals surface area contributed by atoms with Crippen molar-refractivity contribution < 1.29 is 0 Å². The molecule has 1 rings (SSSR count). The van der Waals surface area contributed by atoms with Crippen molar-refractivity contribution in [1.82, 2.24) is 4.90 Å². The first kappa shape index (κ1) is 16.0. The molecule has 1 nitrogen and oxygen atoms in total. The lowest BCUT2D eigenvalue weighted by atomic mass is 10.00. The van der Waals surface area contributed by atoms with E-state index in [0.717, 1.165) is 6.04 Å². The molecule has 0 N–H and O–H groups in total. The van der Waals surface area contributed by atoms with Crippen LogP contribution >= 0.6 is 0 Å². The van der Waals surface area contributed by atoms with E-state index in [9.17, 15) is 0 Å². The minimum Gasteiger partial charge on any atom is -0.300 e. The van der Waals surface area contributed by atoms with Gasteiger partial charge >= 0.3 is 0 Å². The summed E-state index contributed by atoms with van der Waals surface area (Å²) >= 11 is 0. The molecule has 0 bridgehead atoms. The second-order valence-electron chi connectivity index (χ2n) is 6.10. The van der Waals surface area contributed by atoms with Crippen LogP contribution in [0.1, 0.15) is 90.9 Å². The van der Waals surface area contributed by atoms with Crippen molar-refractivity contribution in [3.05, 3.63) is 0 Å². The van der Waals surface area contributed by atoms with E-state index in [-0.39, 0.29) is 0 Å². The van der Waals surface area contributed by atoms with Crippen molar-refractivity contribution >= 4 is 0 Å². The lowest BCUT2D eigenvalue weighted by Crippen LogP contribution is -2.32. The van der Waals surface area contributed by atoms with Gasteiger partial charge < -0.3 is 4.90 Å². The Morgan fingerprint density at radius 3 is 1.83 bits per heavy atom. The Hall–Kier alpha value is -0.0400. The molecule has 1 aliphatic heterocycles. The molecule has 1 aliphatic rings. The number of nitrogens with zero attached hydrogens (tertiary/aromatic N) is 1. The maximum atomic E-state index is 2.79. The Morgan fingerprint density at radius 2 is 1.22 bits per heavy atom. The second-order valence-corrected chi connectivity index (χ2v) is 6.10. The number of hydrogen-bond donors (Lipinski definition) is 0. The van der Waals surface area contributed by atoms with Gasteiger partial charge in [0.15, 0.2) is 0 Å². The molecule has 18 heavy (non-hydrogen) atoms. The maximum absolute atomic E-state index is 2.79. The van der Waals surface area contributed by atoms with Crippen LogP contribution in [0.15, 0.2) is 0 Å². The smallest absolute Gasteiger partial charge is 0.00952 e. The van der Waals surface area contributed by atoms with Gasteiger partial charge in [-0.25, -0.2) is 0 Å². The lowest BCUT2D eigenvalue weighted by Gasteiger charge is -2.27. The van der Waals surface area contributed by atoms with Crippen LogP contribution < -0.4 is 0 Å². The zero-order valence-corrected chi connectivity index (χ0v) is 12.9. The standard InChI is InChI=1S/C17H35N/c1-3-5-7-8-10-14-17(13-9-6-4-2)18-15-11-12-16-18/h17H,3-16H2,1-2H3. The molecule has 0 radical (unpaired) electrons. The third-order valence-corrected chi connectivity index (χ3v) is 4.44. The SMILES string of the molecule is CCCCCCCC(CCCCC)N1CCCC1. The van der Waals surface area contributed by atoms with Crippen LogP contribution in [-0.4, -0.2) is 24.0 Å². The fourth-order valence-corrected chi connectivity index (χ4v) is 3.23. The van der Waals surface area contributed by atoms with Gasteiger partial charge in [0.05, 0.1) is 0 Å². The van der Waals surface area contributed by atoms with Gasteiger partial charge in [-0.05, 0) is 38.8 Å². The van der Waals surface area contributed by atoms with Crippen LogP contribution in [0.2, 0.25) is 0 Å². The van der Waals surface area contributed by atoms with Gasteiger partial charge in [-0.3, -0.25) is 0 Å². The fraction of sp³-hybridized carbons (Fsp3) is 1.00. The minimum absolute atomic E-state index is 0.917.